The van der Waals surface area contributed by atoms with E-state index in [1.54, 1.807) is 6.20 Å². The molecule has 0 amide bonds. The second-order valence-corrected chi connectivity index (χ2v) is 5.70. The Balaban J connectivity index is 1.70. The maximum atomic E-state index is 5.74. The summed E-state index contributed by atoms with van der Waals surface area (Å²) >= 11 is 0. The molecule has 4 N–H and O–H groups in total. The van der Waals surface area contributed by atoms with Crippen molar-refractivity contribution in [2.75, 3.05) is 11.5 Å². The molecule has 0 fully saturated rings. The van der Waals surface area contributed by atoms with Crippen LogP contribution < -0.4 is 11.5 Å². The van der Waals surface area contributed by atoms with Crippen molar-refractivity contribution in [3.63, 3.8) is 0 Å². The van der Waals surface area contributed by atoms with Crippen LogP contribution in [0.4, 0.5) is 11.6 Å². The van der Waals surface area contributed by atoms with Gasteiger partial charge in [-0.1, -0.05) is 48.5 Å². The smallest absolute Gasteiger partial charge is 0.220 e. The number of hydrogen-bond donors (Lipinski definition) is 2. The van der Waals surface area contributed by atoms with E-state index in [0.29, 0.717) is 5.95 Å². The lowest BCUT2D eigenvalue weighted by Crippen LogP contribution is -1.94. The first kappa shape index (κ1) is 14.2. The molecule has 24 heavy (non-hydrogen) atoms. The standard InChI is InChI=1S/C20H16N4/c21-18-9-7-14(8-10-18)13-1-3-15(4-2-13)16-5-6-17-12-23-20(22)24-19(17)11-16/h1-12H,21H2,(H2,22,23,24). The highest BCUT2D eigenvalue weighted by atomic mass is 15.0. The number of benzene rings is 3. The molecule has 4 heteroatoms. The quantitative estimate of drug-likeness (QED) is 0.546. The van der Waals surface area contributed by atoms with Crippen LogP contribution in [0.5, 0.6) is 0 Å². The fraction of sp³-hybridized carbons (Fsp3) is 0. The van der Waals surface area contributed by atoms with E-state index in [-0.39, 0.29) is 0 Å². The lowest BCUT2D eigenvalue weighted by Gasteiger charge is -2.07. The number of nitrogens with two attached hydrogens (primary N) is 2. The number of hydrogen-bond acceptors (Lipinski definition) is 4. The van der Waals surface area contributed by atoms with E-state index in [4.69, 9.17) is 11.5 Å². The molecule has 3 aromatic carbocycles. The van der Waals surface area contributed by atoms with Gasteiger partial charge in [0.2, 0.25) is 5.95 Å². The maximum absolute atomic E-state index is 5.74. The average molecular weight is 312 g/mol. The Kier molecular flexibility index (Phi) is 3.35. The topological polar surface area (TPSA) is 77.8 Å². The summed E-state index contributed by atoms with van der Waals surface area (Å²) in [6.07, 6.45) is 1.74. The zero-order valence-electron chi connectivity index (χ0n) is 13.0. The first-order chi connectivity index (χ1) is 11.7. The van der Waals surface area contributed by atoms with E-state index in [1.165, 1.54) is 0 Å². The Labute approximate surface area is 139 Å². The third kappa shape index (κ3) is 2.65. The van der Waals surface area contributed by atoms with E-state index in [1.807, 2.05) is 36.4 Å². The fourth-order valence-corrected chi connectivity index (χ4v) is 2.75. The minimum Gasteiger partial charge on any atom is -0.399 e. The van der Waals surface area contributed by atoms with Crippen LogP contribution in [-0.2, 0) is 0 Å². The van der Waals surface area contributed by atoms with Crippen LogP contribution >= 0.6 is 0 Å². The molecule has 116 valence electrons. The van der Waals surface area contributed by atoms with Crippen molar-refractivity contribution in [2.45, 2.75) is 0 Å². The predicted molar refractivity (Wildman–Crippen MR) is 99.2 cm³/mol. The molecular formula is C20H16N4. The van der Waals surface area contributed by atoms with Gasteiger partial charge in [-0.25, -0.2) is 9.97 Å². The second kappa shape index (κ2) is 5.66. The van der Waals surface area contributed by atoms with E-state index < -0.39 is 0 Å². The largest absolute Gasteiger partial charge is 0.399 e. The molecule has 4 nitrogen and oxygen atoms in total. The first-order valence-electron chi connectivity index (χ1n) is 7.68. The summed E-state index contributed by atoms with van der Waals surface area (Å²) < 4.78 is 0. The SMILES string of the molecule is Nc1ccc(-c2ccc(-c3ccc4cnc(N)nc4c3)cc2)cc1. The van der Waals surface area contributed by atoms with Crippen molar-refractivity contribution in [1.29, 1.82) is 0 Å². The molecule has 0 bridgehead atoms. The molecule has 0 aliphatic carbocycles. The van der Waals surface area contributed by atoms with Crippen molar-refractivity contribution in [3.8, 4) is 22.3 Å². The normalized spacial score (nSPS) is 10.8. The third-order valence-corrected chi connectivity index (χ3v) is 4.06. The molecule has 0 saturated carbocycles. The van der Waals surface area contributed by atoms with Gasteiger partial charge >= 0.3 is 0 Å². The molecule has 0 aliphatic rings. The Hall–Kier alpha value is -3.40. The zero-order valence-corrected chi connectivity index (χ0v) is 13.0. The van der Waals surface area contributed by atoms with Crippen LogP contribution in [0.15, 0.2) is 72.9 Å². The zero-order chi connectivity index (χ0) is 16.5. The van der Waals surface area contributed by atoms with Crippen LogP contribution in [0.1, 0.15) is 0 Å². The summed E-state index contributed by atoms with van der Waals surface area (Å²) in [7, 11) is 0. The van der Waals surface area contributed by atoms with E-state index in [0.717, 1.165) is 38.8 Å². The number of fused-ring (bicyclic) bond motifs is 1. The van der Waals surface area contributed by atoms with Crippen molar-refractivity contribution in [2.24, 2.45) is 0 Å². The average Bonchev–Trinajstić information content (AvgIpc) is 2.62. The van der Waals surface area contributed by atoms with Gasteiger partial charge in [-0.15, -0.1) is 0 Å². The Morgan fingerprint density at radius 1 is 0.625 bits per heavy atom. The molecular weight excluding hydrogens is 296 g/mol. The molecule has 0 atom stereocenters. The predicted octanol–water partition coefficient (Wildman–Crippen LogP) is 4.13. The summed E-state index contributed by atoms with van der Waals surface area (Å²) in [6.45, 7) is 0. The van der Waals surface area contributed by atoms with E-state index in [2.05, 4.69) is 40.3 Å². The first-order valence-corrected chi connectivity index (χ1v) is 7.68. The van der Waals surface area contributed by atoms with Gasteiger partial charge in [0.1, 0.15) is 0 Å². The van der Waals surface area contributed by atoms with Crippen molar-refractivity contribution < 1.29 is 0 Å². The van der Waals surface area contributed by atoms with E-state index in [9.17, 15) is 0 Å². The second-order valence-electron chi connectivity index (χ2n) is 5.70. The summed E-state index contributed by atoms with van der Waals surface area (Å²) in [5.41, 5.74) is 17.6. The number of nitrogens with zero attached hydrogens (tertiary/aromatic N) is 2. The molecule has 4 rings (SSSR count). The van der Waals surface area contributed by atoms with Crippen LogP contribution in [0.2, 0.25) is 0 Å². The molecule has 1 aromatic heterocycles. The maximum Gasteiger partial charge on any atom is 0.220 e. The van der Waals surface area contributed by atoms with Gasteiger partial charge < -0.3 is 11.5 Å². The molecule has 1 heterocycles. The Morgan fingerprint density at radius 3 is 1.83 bits per heavy atom. The van der Waals surface area contributed by atoms with Gasteiger partial charge in [-0.3, -0.25) is 0 Å². The van der Waals surface area contributed by atoms with Crippen LogP contribution in [0, 0.1) is 0 Å². The fourth-order valence-electron chi connectivity index (χ4n) is 2.75. The third-order valence-electron chi connectivity index (χ3n) is 4.06. The highest BCUT2D eigenvalue weighted by Crippen LogP contribution is 2.27. The highest BCUT2D eigenvalue weighted by molar-refractivity contribution is 5.84. The lowest BCUT2D eigenvalue weighted by atomic mass is 9.99. The number of aromatic nitrogens is 2. The molecule has 4 aromatic rings. The summed E-state index contributed by atoms with van der Waals surface area (Å²) in [6, 6.07) is 22.4. The number of anilines is 2. The summed E-state index contributed by atoms with van der Waals surface area (Å²) in [4.78, 5) is 8.31. The Morgan fingerprint density at radius 2 is 1.17 bits per heavy atom. The van der Waals surface area contributed by atoms with Gasteiger partial charge in [0, 0.05) is 17.3 Å². The van der Waals surface area contributed by atoms with Crippen molar-refractivity contribution in [3.05, 3.63) is 72.9 Å². The van der Waals surface area contributed by atoms with Gasteiger partial charge in [-0.05, 0) is 40.5 Å². The van der Waals surface area contributed by atoms with Crippen LogP contribution in [0.25, 0.3) is 33.2 Å². The lowest BCUT2D eigenvalue weighted by molar-refractivity contribution is 1.24. The van der Waals surface area contributed by atoms with Crippen molar-refractivity contribution in [1.82, 2.24) is 9.97 Å². The van der Waals surface area contributed by atoms with Crippen LogP contribution in [0.3, 0.4) is 0 Å². The molecule has 0 aliphatic heterocycles. The highest BCUT2D eigenvalue weighted by Gasteiger charge is 2.03. The molecule has 0 spiro atoms. The van der Waals surface area contributed by atoms with Gasteiger partial charge in [-0.2, -0.15) is 0 Å². The van der Waals surface area contributed by atoms with Gasteiger partial charge in [0.05, 0.1) is 5.52 Å². The van der Waals surface area contributed by atoms with Crippen molar-refractivity contribution >= 4 is 22.5 Å². The van der Waals surface area contributed by atoms with Crippen LogP contribution in [-0.4, -0.2) is 9.97 Å². The number of rotatable bonds is 2. The van der Waals surface area contributed by atoms with Gasteiger partial charge in [0.15, 0.2) is 0 Å². The Bertz CT molecular complexity index is 1010. The molecule has 0 saturated heterocycles. The summed E-state index contributed by atoms with van der Waals surface area (Å²) in [5, 5.41) is 0.978. The monoisotopic (exact) mass is 312 g/mol. The minimum atomic E-state index is 0.290. The molecule has 0 radical (unpaired) electrons. The van der Waals surface area contributed by atoms with Gasteiger partial charge in [0.25, 0.3) is 0 Å². The molecule has 0 unspecified atom stereocenters. The summed E-state index contributed by atoms with van der Waals surface area (Å²) in [5.74, 6) is 0.290. The number of nitrogen functional groups attached to an aromatic ring is 2. The minimum absolute atomic E-state index is 0.290. The van der Waals surface area contributed by atoms with E-state index >= 15 is 0 Å².